The summed E-state index contributed by atoms with van der Waals surface area (Å²) in [6, 6.07) is 14.0. The number of hydrogen-bond donors (Lipinski definition) is 0. The molecule has 1 atom stereocenters. The lowest BCUT2D eigenvalue weighted by Gasteiger charge is -2.15. The minimum Gasteiger partial charge on any atom is -0.481 e. The van der Waals surface area contributed by atoms with Gasteiger partial charge < -0.3 is 4.74 Å². The van der Waals surface area contributed by atoms with Gasteiger partial charge in [-0.25, -0.2) is 0 Å². The minimum absolute atomic E-state index is 0.140. The molecule has 0 aromatic heterocycles. The summed E-state index contributed by atoms with van der Waals surface area (Å²) in [7, 11) is 0. The highest BCUT2D eigenvalue weighted by Gasteiger charge is 2.18. The molecule has 0 heterocycles. The van der Waals surface area contributed by atoms with Crippen molar-refractivity contribution in [3.63, 3.8) is 0 Å². The molecule has 0 aliphatic carbocycles. The molecule has 2 aromatic rings. The first-order valence-corrected chi connectivity index (χ1v) is 6.86. The highest BCUT2D eigenvalue weighted by molar-refractivity contribution is 6.30. The van der Waals surface area contributed by atoms with Crippen molar-refractivity contribution in [2.75, 3.05) is 0 Å². The highest BCUT2D eigenvalue weighted by Crippen LogP contribution is 2.24. The Morgan fingerprint density at radius 2 is 1.90 bits per heavy atom. The van der Waals surface area contributed by atoms with Crippen LogP contribution in [0.3, 0.4) is 0 Å². The van der Waals surface area contributed by atoms with Crippen LogP contribution in [0.5, 0.6) is 5.75 Å². The maximum Gasteiger partial charge on any atom is 0.202 e. The number of carbonyl (C=O) groups is 1. The molecule has 4 heteroatoms. The number of carbonyl (C=O) groups excluding carboxylic acids is 1. The van der Waals surface area contributed by atoms with E-state index in [1.807, 2.05) is 25.1 Å². The van der Waals surface area contributed by atoms with E-state index in [4.69, 9.17) is 21.6 Å². The SMILES string of the molecule is Cc1ccc(C(=O)C(C)Oc2cc(Cl)ccc2C#N)cc1. The van der Waals surface area contributed by atoms with E-state index in [9.17, 15) is 4.79 Å². The molecule has 2 aromatic carbocycles. The molecule has 0 aliphatic heterocycles. The summed E-state index contributed by atoms with van der Waals surface area (Å²) < 4.78 is 5.61. The number of benzene rings is 2. The molecule has 0 N–H and O–H groups in total. The first kappa shape index (κ1) is 15.1. The van der Waals surface area contributed by atoms with Gasteiger partial charge in [0.1, 0.15) is 11.8 Å². The monoisotopic (exact) mass is 299 g/mol. The summed E-state index contributed by atoms with van der Waals surface area (Å²) in [6.45, 7) is 3.61. The predicted molar refractivity (Wildman–Crippen MR) is 81.8 cm³/mol. The van der Waals surface area contributed by atoms with E-state index in [0.29, 0.717) is 21.9 Å². The van der Waals surface area contributed by atoms with E-state index in [0.717, 1.165) is 5.56 Å². The van der Waals surface area contributed by atoms with Gasteiger partial charge in [-0.1, -0.05) is 41.4 Å². The molecule has 0 saturated carbocycles. The topological polar surface area (TPSA) is 50.1 Å². The van der Waals surface area contributed by atoms with Crippen LogP contribution in [0.25, 0.3) is 0 Å². The summed E-state index contributed by atoms with van der Waals surface area (Å²) in [5, 5.41) is 9.51. The van der Waals surface area contributed by atoms with Crippen LogP contribution in [-0.2, 0) is 0 Å². The second-order valence-corrected chi connectivity index (χ2v) is 5.18. The Labute approximate surface area is 128 Å². The second kappa shape index (κ2) is 6.43. The third-order valence-electron chi connectivity index (χ3n) is 3.07. The number of ether oxygens (including phenoxy) is 1. The van der Waals surface area contributed by atoms with E-state index < -0.39 is 6.10 Å². The predicted octanol–water partition coefficient (Wildman–Crippen LogP) is 4.17. The number of nitrogens with zero attached hydrogens (tertiary/aromatic N) is 1. The number of rotatable bonds is 4. The summed E-state index contributed by atoms with van der Waals surface area (Å²) >= 11 is 5.90. The van der Waals surface area contributed by atoms with Crippen LogP contribution in [-0.4, -0.2) is 11.9 Å². The van der Waals surface area contributed by atoms with Crippen molar-refractivity contribution in [1.29, 1.82) is 5.26 Å². The Bertz CT molecular complexity index is 702. The fourth-order valence-corrected chi connectivity index (χ4v) is 2.04. The molecule has 0 saturated heterocycles. The van der Waals surface area contributed by atoms with Gasteiger partial charge in [-0.15, -0.1) is 0 Å². The van der Waals surface area contributed by atoms with Crippen LogP contribution in [0.2, 0.25) is 5.02 Å². The number of hydrogen-bond acceptors (Lipinski definition) is 3. The van der Waals surface area contributed by atoms with Crippen molar-refractivity contribution >= 4 is 17.4 Å². The van der Waals surface area contributed by atoms with Gasteiger partial charge in [0.2, 0.25) is 5.78 Å². The molecule has 3 nitrogen and oxygen atoms in total. The van der Waals surface area contributed by atoms with E-state index in [-0.39, 0.29) is 5.78 Å². The normalized spacial score (nSPS) is 11.5. The average Bonchev–Trinajstić information content (AvgIpc) is 2.47. The van der Waals surface area contributed by atoms with Crippen LogP contribution >= 0.6 is 11.6 Å². The zero-order valence-electron chi connectivity index (χ0n) is 11.8. The Balaban J connectivity index is 2.20. The van der Waals surface area contributed by atoms with Crippen molar-refractivity contribution < 1.29 is 9.53 Å². The molecule has 2 rings (SSSR count). The number of nitriles is 1. The van der Waals surface area contributed by atoms with Crippen LogP contribution in [0.15, 0.2) is 42.5 Å². The summed E-state index contributed by atoms with van der Waals surface area (Å²) in [5.74, 6) is 0.178. The van der Waals surface area contributed by atoms with Gasteiger partial charge >= 0.3 is 0 Å². The number of aryl methyl sites for hydroxylation is 1. The molecule has 106 valence electrons. The van der Waals surface area contributed by atoms with Crippen molar-refractivity contribution in [2.24, 2.45) is 0 Å². The van der Waals surface area contributed by atoms with E-state index in [1.165, 1.54) is 0 Å². The molecule has 0 radical (unpaired) electrons. The van der Waals surface area contributed by atoms with E-state index in [2.05, 4.69) is 0 Å². The van der Waals surface area contributed by atoms with Crippen LogP contribution in [0.1, 0.15) is 28.4 Å². The molecular weight excluding hydrogens is 286 g/mol. The number of halogens is 1. The van der Waals surface area contributed by atoms with Gasteiger partial charge in [-0.3, -0.25) is 4.79 Å². The average molecular weight is 300 g/mol. The Hall–Kier alpha value is -2.31. The molecule has 21 heavy (non-hydrogen) atoms. The van der Waals surface area contributed by atoms with E-state index >= 15 is 0 Å². The van der Waals surface area contributed by atoms with Crippen molar-refractivity contribution in [3.05, 3.63) is 64.2 Å². The highest BCUT2D eigenvalue weighted by atomic mass is 35.5. The van der Waals surface area contributed by atoms with Crippen LogP contribution in [0, 0.1) is 18.3 Å². The van der Waals surface area contributed by atoms with Gasteiger partial charge in [0.05, 0.1) is 5.56 Å². The van der Waals surface area contributed by atoms with Crippen molar-refractivity contribution in [3.8, 4) is 11.8 Å². The molecule has 0 aliphatic rings. The molecule has 1 unspecified atom stereocenters. The Kier molecular flexibility index (Phi) is 4.62. The third-order valence-corrected chi connectivity index (χ3v) is 3.31. The molecule has 0 spiro atoms. The standard InChI is InChI=1S/C17H14ClNO2/c1-11-3-5-13(6-4-11)17(20)12(2)21-16-9-15(18)8-7-14(16)10-19/h3-9,12H,1-2H3. The maximum atomic E-state index is 12.3. The van der Waals surface area contributed by atoms with Crippen molar-refractivity contribution in [2.45, 2.75) is 20.0 Å². The zero-order valence-corrected chi connectivity index (χ0v) is 12.5. The fraction of sp³-hybridized carbons (Fsp3) is 0.176. The maximum absolute atomic E-state index is 12.3. The number of Topliss-reactive ketones (excluding diaryl/α,β-unsaturated/α-hetero) is 1. The quantitative estimate of drug-likeness (QED) is 0.796. The summed E-state index contributed by atoms with van der Waals surface area (Å²) in [4.78, 5) is 12.3. The van der Waals surface area contributed by atoms with Crippen LogP contribution in [0.4, 0.5) is 0 Å². The Morgan fingerprint density at radius 1 is 1.24 bits per heavy atom. The van der Waals surface area contributed by atoms with Gasteiger partial charge in [0.15, 0.2) is 6.10 Å². The Morgan fingerprint density at radius 3 is 2.52 bits per heavy atom. The largest absolute Gasteiger partial charge is 0.481 e. The number of ketones is 1. The zero-order chi connectivity index (χ0) is 15.4. The molecule has 0 fully saturated rings. The first-order chi connectivity index (χ1) is 10.0. The smallest absolute Gasteiger partial charge is 0.202 e. The van der Waals surface area contributed by atoms with Crippen molar-refractivity contribution in [1.82, 2.24) is 0 Å². The van der Waals surface area contributed by atoms with Gasteiger partial charge in [0, 0.05) is 16.7 Å². The lowest BCUT2D eigenvalue weighted by atomic mass is 10.1. The summed E-state index contributed by atoms with van der Waals surface area (Å²) in [5.41, 5.74) is 2.01. The third kappa shape index (κ3) is 3.62. The summed E-state index contributed by atoms with van der Waals surface area (Å²) in [6.07, 6.45) is -0.696. The van der Waals surface area contributed by atoms with Crippen LogP contribution < -0.4 is 4.74 Å². The lowest BCUT2D eigenvalue weighted by Crippen LogP contribution is -2.24. The fourth-order valence-electron chi connectivity index (χ4n) is 1.88. The molecule has 0 bridgehead atoms. The van der Waals surface area contributed by atoms with E-state index in [1.54, 1.807) is 37.3 Å². The van der Waals surface area contributed by atoms with Gasteiger partial charge in [-0.2, -0.15) is 5.26 Å². The van der Waals surface area contributed by atoms with Gasteiger partial charge in [-0.05, 0) is 26.0 Å². The molecule has 0 amide bonds. The van der Waals surface area contributed by atoms with Gasteiger partial charge in [0.25, 0.3) is 0 Å². The first-order valence-electron chi connectivity index (χ1n) is 6.48. The lowest BCUT2D eigenvalue weighted by molar-refractivity contribution is 0.0817. The molecular formula is C17H14ClNO2. The second-order valence-electron chi connectivity index (χ2n) is 4.74. The minimum atomic E-state index is -0.696.